The van der Waals surface area contributed by atoms with Crippen LogP contribution in [0.2, 0.25) is 0 Å². The number of H-pyrrole nitrogens is 1. The summed E-state index contributed by atoms with van der Waals surface area (Å²) < 4.78 is 13.8. The Kier molecular flexibility index (Phi) is 7.44. The minimum atomic E-state index is -0.746. The Morgan fingerprint density at radius 3 is 2.54 bits per heavy atom. The van der Waals surface area contributed by atoms with Gasteiger partial charge in [-0.05, 0) is 80.3 Å². The van der Waals surface area contributed by atoms with E-state index in [4.69, 9.17) is 10.7 Å². The summed E-state index contributed by atoms with van der Waals surface area (Å²) in [5.74, 6) is 0.826. The van der Waals surface area contributed by atoms with Crippen LogP contribution in [0.25, 0.3) is 10.8 Å². The lowest BCUT2D eigenvalue weighted by molar-refractivity contribution is 0.234. The van der Waals surface area contributed by atoms with Crippen LogP contribution in [0.3, 0.4) is 0 Å². The molecular weight excluding hydrogens is 441 g/mol. The number of nitrogens with zero attached hydrogens (tertiary/aromatic N) is 1. The zero-order chi connectivity index (χ0) is 24.2. The molecule has 6 nitrogen and oxygen atoms in total. The SMILES string of the molecule is NC(CNc1nc(C2CCNCC2)c(C2CCC(F)CC2)c(=O)[nH]1)Cc1cccc2ccccc12. The number of nitrogens with one attached hydrogen (secondary N) is 3. The van der Waals surface area contributed by atoms with E-state index in [1.807, 2.05) is 12.1 Å². The van der Waals surface area contributed by atoms with Crippen LogP contribution < -0.4 is 21.9 Å². The summed E-state index contributed by atoms with van der Waals surface area (Å²) in [4.78, 5) is 21.2. The van der Waals surface area contributed by atoms with E-state index in [-0.39, 0.29) is 23.4 Å². The molecule has 5 N–H and O–H groups in total. The molecular formula is C28H36FN5O. The lowest BCUT2D eigenvalue weighted by Crippen LogP contribution is -2.34. The third-order valence-corrected chi connectivity index (χ3v) is 7.67. The topological polar surface area (TPSA) is 95.8 Å². The molecule has 0 radical (unpaired) electrons. The molecule has 0 bridgehead atoms. The van der Waals surface area contributed by atoms with Crippen molar-refractivity contribution in [3.05, 3.63) is 69.6 Å². The average Bonchev–Trinajstić information content (AvgIpc) is 2.89. The number of rotatable bonds is 7. The average molecular weight is 478 g/mol. The van der Waals surface area contributed by atoms with E-state index >= 15 is 0 Å². The fraction of sp³-hybridized carbons (Fsp3) is 0.500. The Balaban J connectivity index is 1.33. The smallest absolute Gasteiger partial charge is 0.256 e. The first-order valence-electron chi connectivity index (χ1n) is 13.0. The van der Waals surface area contributed by atoms with E-state index in [0.29, 0.717) is 38.2 Å². The highest BCUT2D eigenvalue weighted by Gasteiger charge is 2.30. The van der Waals surface area contributed by atoms with Gasteiger partial charge in [0, 0.05) is 24.1 Å². The second-order valence-corrected chi connectivity index (χ2v) is 10.2. The van der Waals surface area contributed by atoms with Crippen LogP contribution in [0.5, 0.6) is 0 Å². The third-order valence-electron chi connectivity index (χ3n) is 7.67. The second kappa shape index (κ2) is 10.9. The number of anilines is 1. The summed E-state index contributed by atoms with van der Waals surface area (Å²) in [6.07, 6.45) is 4.38. The molecule has 0 spiro atoms. The van der Waals surface area contributed by atoms with E-state index in [2.05, 4.69) is 45.9 Å². The van der Waals surface area contributed by atoms with Gasteiger partial charge in [-0.3, -0.25) is 9.78 Å². The molecule has 35 heavy (non-hydrogen) atoms. The molecule has 1 saturated carbocycles. The lowest BCUT2D eigenvalue weighted by Gasteiger charge is -2.29. The fourth-order valence-corrected chi connectivity index (χ4v) is 5.78. The number of alkyl halides is 1. The van der Waals surface area contributed by atoms with Gasteiger partial charge >= 0.3 is 0 Å². The van der Waals surface area contributed by atoms with Crippen LogP contribution in [0.15, 0.2) is 47.3 Å². The molecule has 0 amide bonds. The number of fused-ring (bicyclic) bond motifs is 1. The van der Waals surface area contributed by atoms with Crippen molar-refractivity contribution in [1.29, 1.82) is 0 Å². The highest BCUT2D eigenvalue weighted by Crippen LogP contribution is 2.37. The van der Waals surface area contributed by atoms with Crippen LogP contribution >= 0.6 is 0 Å². The van der Waals surface area contributed by atoms with Gasteiger partial charge in [-0.25, -0.2) is 9.37 Å². The normalized spacial score (nSPS) is 22.2. The summed E-state index contributed by atoms with van der Waals surface area (Å²) in [5, 5.41) is 9.13. The van der Waals surface area contributed by atoms with Gasteiger partial charge in [-0.15, -0.1) is 0 Å². The van der Waals surface area contributed by atoms with Crippen LogP contribution in [-0.2, 0) is 6.42 Å². The minimum absolute atomic E-state index is 0.0824. The summed E-state index contributed by atoms with van der Waals surface area (Å²) in [7, 11) is 0. The molecule has 2 aromatic carbocycles. The molecule has 1 saturated heterocycles. The summed E-state index contributed by atoms with van der Waals surface area (Å²) in [5.41, 5.74) is 9.32. The second-order valence-electron chi connectivity index (χ2n) is 10.2. The largest absolute Gasteiger partial charge is 0.354 e. The van der Waals surface area contributed by atoms with E-state index in [9.17, 15) is 9.18 Å². The van der Waals surface area contributed by atoms with Gasteiger partial charge in [-0.2, -0.15) is 0 Å². The Bertz CT molecular complexity index is 1190. The predicted molar refractivity (Wildman–Crippen MR) is 140 cm³/mol. The van der Waals surface area contributed by atoms with Crippen molar-refractivity contribution in [1.82, 2.24) is 15.3 Å². The number of benzene rings is 2. The molecule has 186 valence electrons. The van der Waals surface area contributed by atoms with Gasteiger partial charge in [0.1, 0.15) is 6.17 Å². The minimum Gasteiger partial charge on any atom is -0.354 e. The van der Waals surface area contributed by atoms with Crippen molar-refractivity contribution in [3.8, 4) is 0 Å². The number of hydrogen-bond donors (Lipinski definition) is 4. The van der Waals surface area contributed by atoms with E-state index in [1.165, 1.54) is 16.3 Å². The van der Waals surface area contributed by atoms with Gasteiger partial charge in [-0.1, -0.05) is 42.5 Å². The molecule has 2 aliphatic rings. The van der Waals surface area contributed by atoms with Crippen molar-refractivity contribution < 1.29 is 4.39 Å². The van der Waals surface area contributed by atoms with Crippen molar-refractivity contribution in [3.63, 3.8) is 0 Å². The predicted octanol–water partition coefficient (Wildman–Crippen LogP) is 4.37. The molecule has 2 heterocycles. The van der Waals surface area contributed by atoms with E-state index < -0.39 is 6.17 Å². The summed E-state index contributed by atoms with van der Waals surface area (Å²) in [6, 6.07) is 14.5. The highest BCUT2D eigenvalue weighted by molar-refractivity contribution is 5.85. The first-order chi connectivity index (χ1) is 17.1. The van der Waals surface area contributed by atoms with Crippen LogP contribution in [0.4, 0.5) is 10.3 Å². The molecule has 2 fully saturated rings. The van der Waals surface area contributed by atoms with Crippen LogP contribution in [-0.4, -0.2) is 41.8 Å². The summed E-state index contributed by atoms with van der Waals surface area (Å²) in [6.45, 7) is 2.35. The monoisotopic (exact) mass is 477 g/mol. The molecule has 7 heteroatoms. The zero-order valence-corrected chi connectivity index (χ0v) is 20.2. The maximum atomic E-state index is 13.8. The summed E-state index contributed by atoms with van der Waals surface area (Å²) >= 11 is 0. The fourth-order valence-electron chi connectivity index (χ4n) is 5.78. The molecule has 1 atom stereocenters. The van der Waals surface area contributed by atoms with Gasteiger partial charge in [0.2, 0.25) is 5.95 Å². The number of nitrogens with two attached hydrogens (primary N) is 1. The third kappa shape index (κ3) is 5.57. The van der Waals surface area contributed by atoms with E-state index in [1.54, 1.807) is 0 Å². The molecule has 3 aromatic rings. The van der Waals surface area contributed by atoms with Crippen molar-refractivity contribution in [2.45, 2.75) is 69.0 Å². The van der Waals surface area contributed by atoms with Gasteiger partial charge in [0.05, 0.1) is 5.69 Å². The number of aromatic nitrogens is 2. The quantitative estimate of drug-likeness (QED) is 0.405. The number of piperidine rings is 1. The first-order valence-corrected chi connectivity index (χ1v) is 13.0. The maximum Gasteiger partial charge on any atom is 0.256 e. The Labute approximate surface area is 205 Å². The number of aromatic amines is 1. The van der Waals surface area contributed by atoms with Crippen molar-refractivity contribution in [2.24, 2.45) is 5.73 Å². The number of hydrogen-bond acceptors (Lipinski definition) is 5. The Hall–Kier alpha value is -2.77. The van der Waals surface area contributed by atoms with Gasteiger partial charge in [0.15, 0.2) is 0 Å². The standard InChI is InChI=1S/C28H36FN5O/c29-22-10-8-19(9-11-22)25-26(20-12-14-31-15-13-20)33-28(34-27(25)35)32-17-23(30)16-21-6-3-5-18-4-1-2-7-24(18)21/h1-7,19-20,22-23,31H,8-17,30H2,(H2,32,33,34,35). The molecule has 1 aliphatic heterocycles. The van der Waals surface area contributed by atoms with Crippen molar-refractivity contribution >= 4 is 16.7 Å². The molecule has 1 aromatic heterocycles. The Morgan fingerprint density at radius 1 is 1.00 bits per heavy atom. The maximum absolute atomic E-state index is 13.8. The van der Waals surface area contributed by atoms with Gasteiger partial charge < -0.3 is 16.4 Å². The van der Waals surface area contributed by atoms with Crippen LogP contribution in [0.1, 0.15) is 67.2 Å². The highest BCUT2D eigenvalue weighted by atomic mass is 19.1. The lowest BCUT2D eigenvalue weighted by atomic mass is 9.80. The zero-order valence-electron chi connectivity index (χ0n) is 20.2. The molecule has 5 rings (SSSR count). The van der Waals surface area contributed by atoms with Crippen LogP contribution in [0, 0.1) is 0 Å². The molecule has 1 unspecified atom stereocenters. The Morgan fingerprint density at radius 2 is 1.74 bits per heavy atom. The first kappa shape index (κ1) is 23.9. The van der Waals surface area contributed by atoms with E-state index in [0.717, 1.165) is 43.6 Å². The number of halogens is 1. The van der Waals surface area contributed by atoms with Crippen molar-refractivity contribution in [2.75, 3.05) is 25.0 Å². The van der Waals surface area contributed by atoms with Gasteiger partial charge in [0.25, 0.3) is 5.56 Å². The molecule has 1 aliphatic carbocycles.